The highest BCUT2D eigenvalue weighted by Crippen LogP contribution is 2.00. The Morgan fingerprint density at radius 1 is 1.29 bits per heavy atom. The molecule has 0 spiro atoms. The van der Waals surface area contributed by atoms with Crippen molar-refractivity contribution in [1.29, 1.82) is 0 Å². The maximum absolute atomic E-state index is 11.6. The van der Waals surface area contributed by atoms with Crippen LogP contribution < -0.4 is 5.43 Å². The minimum absolute atomic E-state index is 0.0640. The molecule has 1 aromatic carbocycles. The van der Waals surface area contributed by atoms with E-state index in [-0.39, 0.29) is 5.91 Å². The number of carbonyl (C=O) groups excluding carboxylic acids is 1. The van der Waals surface area contributed by atoms with E-state index in [1.807, 2.05) is 36.4 Å². The lowest BCUT2D eigenvalue weighted by Crippen LogP contribution is -2.38. The van der Waals surface area contributed by atoms with Crippen LogP contribution in [0.1, 0.15) is 12.0 Å². The van der Waals surface area contributed by atoms with E-state index in [0.29, 0.717) is 6.42 Å². The molecule has 1 fully saturated rings. The first-order valence-corrected chi connectivity index (χ1v) is 7.18. The van der Waals surface area contributed by atoms with Crippen molar-refractivity contribution in [3.05, 3.63) is 42.0 Å². The molecule has 0 radical (unpaired) electrons. The molecular formula is C16H21N3O2. The van der Waals surface area contributed by atoms with Crippen molar-refractivity contribution in [2.75, 3.05) is 32.8 Å². The molecule has 1 aromatic rings. The molecule has 0 bridgehead atoms. The van der Waals surface area contributed by atoms with E-state index >= 15 is 0 Å². The molecule has 0 atom stereocenters. The van der Waals surface area contributed by atoms with Gasteiger partial charge in [-0.25, -0.2) is 5.43 Å². The van der Waals surface area contributed by atoms with Crippen LogP contribution in [0.15, 0.2) is 41.5 Å². The molecule has 5 nitrogen and oxygen atoms in total. The van der Waals surface area contributed by atoms with E-state index in [4.69, 9.17) is 4.74 Å². The molecule has 1 aliphatic rings. The summed E-state index contributed by atoms with van der Waals surface area (Å²) >= 11 is 0. The Balaban J connectivity index is 1.62. The predicted molar refractivity (Wildman–Crippen MR) is 84.0 cm³/mol. The molecule has 0 unspecified atom stereocenters. The largest absolute Gasteiger partial charge is 0.379 e. The average Bonchev–Trinajstić information content (AvgIpc) is 2.54. The van der Waals surface area contributed by atoms with Crippen molar-refractivity contribution in [3.63, 3.8) is 0 Å². The number of nitrogens with zero attached hydrogens (tertiary/aromatic N) is 2. The summed E-state index contributed by atoms with van der Waals surface area (Å²) in [7, 11) is 0. The number of hydrogen-bond donors (Lipinski definition) is 1. The predicted octanol–water partition coefficient (Wildman–Crippen LogP) is 1.52. The van der Waals surface area contributed by atoms with Crippen LogP contribution >= 0.6 is 0 Å². The first-order valence-electron chi connectivity index (χ1n) is 7.18. The Morgan fingerprint density at radius 2 is 2.05 bits per heavy atom. The van der Waals surface area contributed by atoms with Crippen LogP contribution in [0, 0.1) is 0 Å². The van der Waals surface area contributed by atoms with E-state index in [2.05, 4.69) is 15.4 Å². The minimum atomic E-state index is -0.0640. The summed E-state index contributed by atoms with van der Waals surface area (Å²) in [5, 5.41) is 3.90. The minimum Gasteiger partial charge on any atom is -0.379 e. The zero-order valence-corrected chi connectivity index (χ0v) is 12.1. The Kier molecular flexibility index (Phi) is 6.64. The van der Waals surface area contributed by atoms with Crippen molar-refractivity contribution < 1.29 is 9.53 Å². The van der Waals surface area contributed by atoms with Gasteiger partial charge in [0.25, 0.3) is 0 Å². The summed E-state index contributed by atoms with van der Waals surface area (Å²) in [5.41, 5.74) is 3.63. The lowest BCUT2D eigenvalue weighted by molar-refractivity contribution is -0.121. The number of hydrazone groups is 1. The van der Waals surface area contributed by atoms with E-state index in [1.54, 1.807) is 12.3 Å². The third kappa shape index (κ3) is 6.33. The molecule has 1 aliphatic heterocycles. The maximum Gasteiger partial charge on any atom is 0.241 e. The Morgan fingerprint density at radius 3 is 2.81 bits per heavy atom. The van der Waals surface area contributed by atoms with Crippen LogP contribution in [0.2, 0.25) is 0 Å². The highest BCUT2D eigenvalue weighted by atomic mass is 16.5. The van der Waals surface area contributed by atoms with Gasteiger partial charge >= 0.3 is 0 Å². The average molecular weight is 287 g/mol. The SMILES string of the molecule is O=C(CCN1CCOCC1)NN=CC=Cc1ccccc1. The van der Waals surface area contributed by atoms with Crippen LogP contribution in [0.4, 0.5) is 0 Å². The molecule has 5 heteroatoms. The Labute approximate surface area is 125 Å². The van der Waals surface area contributed by atoms with Crippen molar-refractivity contribution in [1.82, 2.24) is 10.3 Å². The maximum atomic E-state index is 11.6. The normalized spacial score (nSPS) is 16.6. The lowest BCUT2D eigenvalue weighted by atomic mass is 10.2. The Hall–Kier alpha value is -1.98. The summed E-state index contributed by atoms with van der Waals surface area (Å²) in [6.07, 6.45) is 5.78. The van der Waals surface area contributed by atoms with Gasteiger partial charge in [0.15, 0.2) is 0 Å². The number of hydrogen-bond acceptors (Lipinski definition) is 4. The fourth-order valence-electron chi connectivity index (χ4n) is 2.01. The first kappa shape index (κ1) is 15.4. The topological polar surface area (TPSA) is 53.9 Å². The van der Waals surface area contributed by atoms with Gasteiger partial charge in [0.05, 0.1) is 13.2 Å². The fourth-order valence-corrected chi connectivity index (χ4v) is 2.01. The van der Waals surface area contributed by atoms with Gasteiger partial charge in [-0.15, -0.1) is 0 Å². The zero-order valence-electron chi connectivity index (χ0n) is 12.1. The molecule has 2 rings (SSSR count). The summed E-state index contributed by atoms with van der Waals surface area (Å²) in [6, 6.07) is 9.94. The standard InChI is InChI=1S/C16H21N3O2/c20-16(8-10-19-11-13-21-14-12-19)18-17-9-4-7-15-5-2-1-3-6-15/h1-7,9H,8,10-14H2,(H,18,20). The van der Waals surface area contributed by atoms with E-state index in [9.17, 15) is 4.79 Å². The van der Waals surface area contributed by atoms with E-state index in [0.717, 1.165) is 38.4 Å². The molecule has 0 saturated carbocycles. The van der Waals surface area contributed by atoms with Crippen molar-refractivity contribution >= 4 is 18.2 Å². The molecule has 1 saturated heterocycles. The quantitative estimate of drug-likeness (QED) is 0.637. The van der Waals surface area contributed by atoms with Crippen molar-refractivity contribution in [3.8, 4) is 0 Å². The van der Waals surface area contributed by atoms with Gasteiger partial charge in [-0.3, -0.25) is 9.69 Å². The number of benzene rings is 1. The highest BCUT2D eigenvalue weighted by Gasteiger charge is 2.11. The second-order valence-electron chi connectivity index (χ2n) is 4.79. The summed E-state index contributed by atoms with van der Waals surface area (Å²) < 4.78 is 5.26. The van der Waals surface area contributed by atoms with Crippen LogP contribution in [0.25, 0.3) is 6.08 Å². The third-order valence-corrected chi connectivity index (χ3v) is 3.20. The second kappa shape index (κ2) is 9.05. The van der Waals surface area contributed by atoms with Gasteiger partial charge in [-0.2, -0.15) is 5.10 Å². The highest BCUT2D eigenvalue weighted by molar-refractivity contribution is 5.81. The molecule has 1 heterocycles. The fraction of sp³-hybridized carbons (Fsp3) is 0.375. The van der Waals surface area contributed by atoms with Crippen LogP contribution in [-0.4, -0.2) is 49.9 Å². The van der Waals surface area contributed by atoms with Crippen molar-refractivity contribution in [2.45, 2.75) is 6.42 Å². The molecule has 0 aromatic heterocycles. The van der Waals surface area contributed by atoms with Gasteiger partial charge in [0.1, 0.15) is 0 Å². The van der Waals surface area contributed by atoms with Gasteiger partial charge < -0.3 is 4.74 Å². The van der Waals surface area contributed by atoms with Gasteiger partial charge in [0.2, 0.25) is 5.91 Å². The van der Waals surface area contributed by atoms with Crippen LogP contribution in [-0.2, 0) is 9.53 Å². The van der Waals surface area contributed by atoms with Gasteiger partial charge in [-0.1, -0.05) is 36.4 Å². The molecule has 1 amide bonds. The number of nitrogens with one attached hydrogen (secondary N) is 1. The molecule has 112 valence electrons. The monoisotopic (exact) mass is 287 g/mol. The smallest absolute Gasteiger partial charge is 0.241 e. The number of ether oxygens (including phenoxy) is 1. The lowest BCUT2D eigenvalue weighted by Gasteiger charge is -2.25. The summed E-state index contributed by atoms with van der Waals surface area (Å²) in [5.74, 6) is -0.0640. The molecular weight excluding hydrogens is 266 g/mol. The zero-order chi connectivity index (χ0) is 14.8. The number of amides is 1. The number of carbonyl (C=O) groups is 1. The number of morpholine rings is 1. The van der Waals surface area contributed by atoms with E-state index in [1.165, 1.54) is 0 Å². The summed E-state index contributed by atoms with van der Waals surface area (Å²) in [6.45, 7) is 4.06. The first-order chi connectivity index (χ1) is 10.3. The summed E-state index contributed by atoms with van der Waals surface area (Å²) in [4.78, 5) is 13.8. The number of rotatable bonds is 6. The van der Waals surface area contributed by atoms with Crippen LogP contribution in [0.3, 0.4) is 0 Å². The Bertz CT molecular complexity index is 480. The molecule has 0 aliphatic carbocycles. The molecule has 1 N–H and O–H groups in total. The van der Waals surface area contributed by atoms with Gasteiger partial charge in [-0.05, 0) is 11.6 Å². The second-order valence-corrected chi connectivity index (χ2v) is 4.79. The van der Waals surface area contributed by atoms with Crippen molar-refractivity contribution in [2.24, 2.45) is 5.10 Å². The molecule has 21 heavy (non-hydrogen) atoms. The van der Waals surface area contributed by atoms with Crippen LogP contribution in [0.5, 0.6) is 0 Å². The van der Waals surface area contributed by atoms with E-state index < -0.39 is 0 Å². The van der Waals surface area contributed by atoms with Gasteiger partial charge in [0, 0.05) is 32.3 Å². The third-order valence-electron chi connectivity index (χ3n) is 3.20. The number of allylic oxidation sites excluding steroid dienone is 1.